The Labute approximate surface area is 171 Å². The van der Waals surface area contributed by atoms with E-state index >= 15 is 0 Å². The fraction of sp³-hybridized carbons (Fsp3) is 0.250. The largest absolute Gasteiger partial charge is 0.496 e. The predicted octanol–water partition coefficient (Wildman–Crippen LogP) is 3.90. The van der Waals surface area contributed by atoms with Gasteiger partial charge in [0.05, 0.1) is 30.0 Å². The molecule has 2 aromatic carbocycles. The van der Waals surface area contributed by atoms with E-state index in [1.54, 1.807) is 16.7 Å². The second-order valence-electron chi connectivity index (χ2n) is 6.24. The van der Waals surface area contributed by atoms with Crippen LogP contribution in [0, 0.1) is 13.8 Å². The Bertz CT molecular complexity index is 1150. The van der Waals surface area contributed by atoms with Crippen molar-refractivity contribution in [2.45, 2.75) is 20.4 Å². The molecule has 0 aliphatic rings. The van der Waals surface area contributed by atoms with Gasteiger partial charge < -0.3 is 14.0 Å². The maximum absolute atomic E-state index is 12.9. The predicted molar refractivity (Wildman–Crippen MR) is 109 cm³/mol. The van der Waals surface area contributed by atoms with Crippen molar-refractivity contribution in [3.05, 3.63) is 56.8 Å². The van der Waals surface area contributed by atoms with Crippen LogP contribution in [-0.2, 0) is 16.1 Å². The Morgan fingerprint density at radius 1 is 1.18 bits per heavy atom. The highest BCUT2D eigenvalue weighted by Crippen LogP contribution is 2.25. The third kappa shape index (κ3) is 3.95. The lowest BCUT2D eigenvalue weighted by atomic mass is 10.1. The Hall–Kier alpha value is -2.64. The first-order valence-electron chi connectivity index (χ1n) is 8.44. The summed E-state index contributed by atoms with van der Waals surface area (Å²) in [5.74, 6) is -0.544. The molecule has 0 spiro atoms. The van der Waals surface area contributed by atoms with Crippen molar-refractivity contribution in [1.29, 1.82) is 0 Å². The Kier molecular flexibility index (Phi) is 5.86. The van der Waals surface area contributed by atoms with Gasteiger partial charge in [-0.05, 0) is 49.2 Å². The van der Waals surface area contributed by atoms with Gasteiger partial charge in [-0.3, -0.25) is 9.59 Å². The highest BCUT2D eigenvalue weighted by Gasteiger charge is 2.16. The Balaban J connectivity index is 2.23. The molecule has 146 valence electrons. The Morgan fingerprint density at radius 3 is 2.61 bits per heavy atom. The quantitative estimate of drug-likeness (QED) is 0.602. The lowest BCUT2D eigenvalue weighted by Gasteiger charge is -2.06. The third-order valence-corrected chi connectivity index (χ3v) is 5.68. The monoisotopic (exact) mass is 418 g/mol. The van der Waals surface area contributed by atoms with Gasteiger partial charge in [-0.25, -0.2) is 0 Å². The average molecular weight is 419 g/mol. The van der Waals surface area contributed by atoms with Crippen LogP contribution in [-0.4, -0.2) is 30.7 Å². The van der Waals surface area contributed by atoms with Crippen molar-refractivity contribution in [2.24, 2.45) is 4.99 Å². The summed E-state index contributed by atoms with van der Waals surface area (Å²) in [6, 6.07) is 8.78. The summed E-state index contributed by atoms with van der Waals surface area (Å²) in [6.07, 6.45) is 0. The number of esters is 1. The second-order valence-corrected chi connectivity index (χ2v) is 7.65. The van der Waals surface area contributed by atoms with Gasteiger partial charge in [-0.15, -0.1) is 0 Å². The van der Waals surface area contributed by atoms with Crippen LogP contribution in [0.2, 0.25) is 5.02 Å². The summed E-state index contributed by atoms with van der Waals surface area (Å²) in [5, 5.41) is 0.407. The number of thiazole rings is 1. The number of aromatic nitrogens is 1. The van der Waals surface area contributed by atoms with Gasteiger partial charge in [0, 0.05) is 5.02 Å². The maximum Gasteiger partial charge on any atom is 0.325 e. The first-order valence-corrected chi connectivity index (χ1v) is 9.63. The lowest BCUT2D eigenvalue weighted by molar-refractivity contribution is -0.141. The van der Waals surface area contributed by atoms with Crippen molar-refractivity contribution < 1.29 is 19.1 Å². The first kappa shape index (κ1) is 20.1. The molecule has 0 N–H and O–H groups in total. The van der Waals surface area contributed by atoms with E-state index in [-0.39, 0.29) is 12.1 Å². The third-order valence-electron chi connectivity index (χ3n) is 4.22. The van der Waals surface area contributed by atoms with Gasteiger partial charge in [0.1, 0.15) is 12.3 Å². The molecule has 1 amide bonds. The number of carbonyl (C=O) groups is 2. The van der Waals surface area contributed by atoms with Crippen molar-refractivity contribution in [3.63, 3.8) is 0 Å². The fourth-order valence-corrected chi connectivity index (χ4v) is 4.19. The van der Waals surface area contributed by atoms with Gasteiger partial charge >= 0.3 is 5.97 Å². The smallest absolute Gasteiger partial charge is 0.325 e. The number of fused-ring (bicyclic) bond motifs is 1. The molecule has 0 atom stereocenters. The van der Waals surface area contributed by atoms with Crippen LogP contribution in [0.25, 0.3) is 10.2 Å². The second kappa shape index (κ2) is 8.16. The molecule has 6 nitrogen and oxygen atoms in total. The van der Waals surface area contributed by atoms with E-state index in [1.807, 2.05) is 26.0 Å². The maximum atomic E-state index is 12.9. The highest BCUT2D eigenvalue weighted by molar-refractivity contribution is 7.16. The summed E-state index contributed by atoms with van der Waals surface area (Å²) in [5.41, 5.74) is 3.19. The summed E-state index contributed by atoms with van der Waals surface area (Å²) >= 11 is 7.38. The molecule has 0 unspecified atom stereocenters. The lowest BCUT2D eigenvalue weighted by Crippen LogP contribution is -2.22. The van der Waals surface area contributed by atoms with Gasteiger partial charge in [-0.2, -0.15) is 4.99 Å². The molecule has 0 radical (unpaired) electrons. The number of nitrogens with zero attached hydrogens (tertiary/aromatic N) is 2. The number of hydrogen-bond acceptors (Lipinski definition) is 5. The average Bonchev–Trinajstić information content (AvgIpc) is 2.99. The highest BCUT2D eigenvalue weighted by atomic mass is 35.5. The van der Waals surface area contributed by atoms with Crippen molar-refractivity contribution in [2.75, 3.05) is 14.2 Å². The molecular weight excluding hydrogens is 400 g/mol. The molecule has 0 bridgehead atoms. The van der Waals surface area contributed by atoms with Crippen molar-refractivity contribution in [3.8, 4) is 5.75 Å². The van der Waals surface area contributed by atoms with Crippen LogP contribution in [0.3, 0.4) is 0 Å². The Morgan fingerprint density at radius 2 is 1.93 bits per heavy atom. The number of methoxy groups -OCH3 is 2. The number of hydrogen-bond donors (Lipinski definition) is 0. The molecule has 1 heterocycles. The van der Waals surface area contributed by atoms with E-state index in [2.05, 4.69) is 4.99 Å². The van der Waals surface area contributed by atoms with Gasteiger partial charge in [0.25, 0.3) is 5.91 Å². The summed E-state index contributed by atoms with van der Waals surface area (Å²) in [6.45, 7) is 3.92. The number of carbonyl (C=O) groups excluding carboxylic acids is 2. The SMILES string of the molecule is COC(=O)Cn1c(=NC(=O)c2cc(Cl)ccc2OC)sc2c(C)cc(C)cc21. The van der Waals surface area contributed by atoms with Gasteiger partial charge in [0.15, 0.2) is 4.80 Å². The van der Waals surface area contributed by atoms with Gasteiger partial charge in [-0.1, -0.05) is 29.0 Å². The van der Waals surface area contributed by atoms with E-state index in [1.165, 1.54) is 31.6 Å². The number of halogens is 1. The molecule has 0 aliphatic carbocycles. The van der Waals surface area contributed by atoms with Crippen LogP contribution >= 0.6 is 22.9 Å². The number of ether oxygens (including phenoxy) is 2. The van der Waals surface area contributed by atoms with E-state index in [0.29, 0.717) is 15.6 Å². The van der Waals surface area contributed by atoms with Crippen LogP contribution in [0.1, 0.15) is 21.5 Å². The standard InChI is InChI=1S/C20H19ClN2O4S/c1-11-7-12(2)18-15(8-11)23(10-17(24)27-4)20(28-18)22-19(25)14-9-13(21)5-6-16(14)26-3/h5-9H,10H2,1-4H3. The minimum Gasteiger partial charge on any atom is -0.496 e. The molecule has 3 aromatic rings. The minimum atomic E-state index is -0.501. The number of rotatable bonds is 4. The number of benzene rings is 2. The minimum absolute atomic E-state index is 0.0435. The number of aryl methyl sites for hydroxylation is 2. The van der Waals surface area contributed by atoms with E-state index in [0.717, 1.165) is 21.3 Å². The zero-order chi connectivity index (χ0) is 20.4. The topological polar surface area (TPSA) is 69.9 Å². The molecule has 0 saturated carbocycles. The molecule has 3 rings (SSSR count). The van der Waals surface area contributed by atoms with E-state index in [4.69, 9.17) is 21.1 Å². The summed E-state index contributed by atoms with van der Waals surface area (Å²) in [4.78, 5) is 29.5. The van der Waals surface area contributed by atoms with Crippen molar-refractivity contribution in [1.82, 2.24) is 4.57 Å². The van der Waals surface area contributed by atoms with E-state index in [9.17, 15) is 9.59 Å². The van der Waals surface area contributed by atoms with Crippen LogP contribution < -0.4 is 9.54 Å². The summed E-state index contributed by atoms with van der Waals surface area (Å²) in [7, 11) is 2.80. The van der Waals surface area contributed by atoms with Crippen LogP contribution in [0.4, 0.5) is 0 Å². The normalized spacial score (nSPS) is 11.7. The first-order chi connectivity index (χ1) is 13.3. The fourth-order valence-electron chi connectivity index (χ4n) is 2.94. The molecule has 0 saturated heterocycles. The molecule has 28 heavy (non-hydrogen) atoms. The zero-order valence-electron chi connectivity index (χ0n) is 15.9. The molecule has 0 fully saturated rings. The molecule has 0 aliphatic heterocycles. The zero-order valence-corrected chi connectivity index (χ0v) is 17.5. The van der Waals surface area contributed by atoms with Crippen LogP contribution in [0.15, 0.2) is 35.3 Å². The number of amides is 1. The molecular formula is C20H19ClN2O4S. The molecule has 1 aromatic heterocycles. The van der Waals surface area contributed by atoms with Crippen molar-refractivity contribution >= 4 is 45.0 Å². The molecule has 8 heteroatoms. The summed E-state index contributed by atoms with van der Waals surface area (Å²) < 4.78 is 12.7. The van der Waals surface area contributed by atoms with Gasteiger partial charge in [0.2, 0.25) is 0 Å². The van der Waals surface area contributed by atoms with Crippen LogP contribution in [0.5, 0.6) is 5.75 Å². The van der Waals surface area contributed by atoms with E-state index < -0.39 is 11.9 Å².